The molecule has 0 spiro atoms. The van der Waals surface area contributed by atoms with Crippen LogP contribution in [0.4, 0.5) is 0 Å². The molecule has 1 heterocycles. The molecule has 2 rings (SSSR count). The third-order valence-electron chi connectivity index (χ3n) is 4.41. The number of nitriles is 1. The molecule has 138 valence electrons. The highest BCUT2D eigenvalue weighted by Crippen LogP contribution is 2.21. The summed E-state index contributed by atoms with van der Waals surface area (Å²) in [5.41, 5.74) is -0.425. The van der Waals surface area contributed by atoms with Crippen molar-refractivity contribution >= 4 is 28.6 Å². The minimum Gasteiger partial charge on any atom is -0.337 e. The number of hydrogen-bond acceptors (Lipinski definition) is 5. The molecule has 1 N–H and O–H groups in total. The fourth-order valence-electron chi connectivity index (χ4n) is 2.44. The SMILES string of the molecule is CC(C)n1c(SCC(=O)N[C@@](C)(C#N)C(C)C)nc2ccccc2c1=O. The summed E-state index contributed by atoms with van der Waals surface area (Å²) in [6.07, 6.45) is 0. The van der Waals surface area contributed by atoms with Crippen LogP contribution in [0.1, 0.15) is 40.7 Å². The van der Waals surface area contributed by atoms with Gasteiger partial charge in [0.2, 0.25) is 5.91 Å². The van der Waals surface area contributed by atoms with Gasteiger partial charge in [-0.25, -0.2) is 4.98 Å². The lowest BCUT2D eigenvalue weighted by atomic mass is 9.90. The molecule has 1 aromatic carbocycles. The van der Waals surface area contributed by atoms with E-state index in [-0.39, 0.29) is 29.2 Å². The van der Waals surface area contributed by atoms with Gasteiger partial charge in [-0.1, -0.05) is 37.7 Å². The second kappa shape index (κ2) is 7.92. The van der Waals surface area contributed by atoms with Gasteiger partial charge in [0.25, 0.3) is 5.56 Å². The maximum Gasteiger partial charge on any atom is 0.262 e. The number of para-hydroxylation sites is 1. The van der Waals surface area contributed by atoms with Crippen LogP contribution in [0.15, 0.2) is 34.2 Å². The summed E-state index contributed by atoms with van der Waals surface area (Å²) in [4.78, 5) is 29.7. The van der Waals surface area contributed by atoms with Gasteiger partial charge in [0, 0.05) is 6.04 Å². The van der Waals surface area contributed by atoms with Crippen LogP contribution in [0.25, 0.3) is 10.9 Å². The average Bonchev–Trinajstić information content (AvgIpc) is 2.59. The highest BCUT2D eigenvalue weighted by atomic mass is 32.2. The summed E-state index contributed by atoms with van der Waals surface area (Å²) in [6, 6.07) is 9.26. The highest BCUT2D eigenvalue weighted by molar-refractivity contribution is 7.99. The number of carbonyl (C=O) groups excluding carboxylic acids is 1. The molecule has 0 unspecified atom stereocenters. The standard InChI is InChI=1S/C19H24N4O2S/c1-12(2)19(5,11-20)22-16(24)10-26-18-21-15-9-7-6-8-14(15)17(25)23(18)13(3)4/h6-9,12-13H,10H2,1-5H3,(H,22,24)/t19-/m0/s1. The Morgan fingerprint density at radius 3 is 2.58 bits per heavy atom. The molecule has 6 nitrogen and oxygen atoms in total. The monoisotopic (exact) mass is 372 g/mol. The third kappa shape index (κ3) is 4.07. The molecule has 1 aromatic heterocycles. The van der Waals surface area contributed by atoms with E-state index < -0.39 is 5.54 Å². The Kier molecular flexibility index (Phi) is 6.09. The molecule has 0 aliphatic rings. The Labute approximate surface area is 157 Å². The van der Waals surface area contributed by atoms with E-state index >= 15 is 0 Å². The fraction of sp³-hybridized carbons (Fsp3) is 0.474. The van der Waals surface area contributed by atoms with Crippen molar-refractivity contribution in [1.29, 1.82) is 5.26 Å². The number of fused-ring (bicyclic) bond motifs is 1. The number of carbonyl (C=O) groups is 1. The summed E-state index contributed by atoms with van der Waals surface area (Å²) in [6.45, 7) is 9.30. The van der Waals surface area contributed by atoms with Crippen molar-refractivity contribution in [2.75, 3.05) is 5.75 Å². The van der Waals surface area contributed by atoms with Crippen molar-refractivity contribution in [3.05, 3.63) is 34.6 Å². The van der Waals surface area contributed by atoms with E-state index in [1.54, 1.807) is 23.6 Å². The van der Waals surface area contributed by atoms with Crippen molar-refractivity contribution in [2.45, 2.75) is 51.4 Å². The normalized spacial score (nSPS) is 13.6. The Morgan fingerprint density at radius 1 is 1.35 bits per heavy atom. The summed E-state index contributed by atoms with van der Waals surface area (Å²) < 4.78 is 1.60. The maximum absolute atomic E-state index is 12.8. The summed E-state index contributed by atoms with van der Waals surface area (Å²) in [7, 11) is 0. The minimum absolute atomic E-state index is 0.0194. The molecular formula is C19H24N4O2S. The number of amides is 1. The second-order valence-corrected chi connectivity index (χ2v) is 7.93. The van der Waals surface area contributed by atoms with Gasteiger partial charge in [0.05, 0.1) is 22.7 Å². The third-order valence-corrected chi connectivity index (χ3v) is 5.36. The van der Waals surface area contributed by atoms with Crippen LogP contribution < -0.4 is 10.9 Å². The number of nitrogens with one attached hydrogen (secondary N) is 1. The lowest BCUT2D eigenvalue weighted by Gasteiger charge is -2.27. The Balaban J connectivity index is 2.28. The van der Waals surface area contributed by atoms with E-state index in [2.05, 4.69) is 16.4 Å². The minimum atomic E-state index is -0.924. The number of thioether (sulfide) groups is 1. The Bertz CT molecular complexity index is 914. The zero-order valence-electron chi connectivity index (χ0n) is 15.7. The van der Waals surface area contributed by atoms with Crippen molar-refractivity contribution < 1.29 is 4.79 Å². The summed E-state index contributed by atoms with van der Waals surface area (Å²) in [5, 5.41) is 13.2. The first-order valence-electron chi connectivity index (χ1n) is 8.56. The molecule has 0 bridgehead atoms. The largest absolute Gasteiger partial charge is 0.337 e. The molecule has 26 heavy (non-hydrogen) atoms. The van der Waals surface area contributed by atoms with Crippen LogP contribution in [0.5, 0.6) is 0 Å². The lowest BCUT2D eigenvalue weighted by Crippen LogP contribution is -2.49. The number of rotatable bonds is 6. The molecule has 2 aromatic rings. The quantitative estimate of drug-likeness (QED) is 0.622. The number of aromatic nitrogens is 2. The van der Waals surface area contributed by atoms with Crippen LogP contribution in [0.3, 0.4) is 0 Å². The van der Waals surface area contributed by atoms with Gasteiger partial charge in [0.1, 0.15) is 5.54 Å². The van der Waals surface area contributed by atoms with Gasteiger partial charge in [0.15, 0.2) is 5.16 Å². The molecule has 1 amide bonds. The Hall–Kier alpha value is -2.33. The zero-order valence-corrected chi connectivity index (χ0v) is 16.6. The van der Waals surface area contributed by atoms with Crippen molar-refractivity contribution in [1.82, 2.24) is 14.9 Å². The fourth-order valence-corrected chi connectivity index (χ4v) is 3.37. The smallest absolute Gasteiger partial charge is 0.262 e. The highest BCUT2D eigenvalue weighted by Gasteiger charge is 2.30. The van der Waals surface area contributed by atoms with E-state index in [4.69, 9.17) is 0 Å². The van der Waals surface area contributed by atoms with Crippen molar-refractivity contribution in [3.63, 3.8) is 0 Å². The van der Waals surface area contributed by atoms with E-state index in [0.717, 1.165) is 0 Å². The Morgan fingerprint density at radius 2 is 2.00 bits per heavy atom. The number of benzene rings is 1. The van der Waals surface area contributed by atoms with Gasteiger partial charge >= 0.3 is 0 Å². The molecule has 0 aliphatic heterocycles. The van der Waals surface area contributed by atoms with Gasteiger partial charge in [-0.3, -0.25) is 14.2 Å². The molecular weight excluding hydrogens is 348 g/mol. The molecule has 1 atom stereocenters. The van der Waals surface area contributed by atoms with Crippen LogP contribution in [-0.2, 0) is 4.79 Å². The van der Waals surface area contributed by atoms with Crippen LogP contribution >= 0.6 is 11.8 Å². The predicted octanol–water partition coefficient (Wildman–Crippen LogP) is 3.12. The van der Waals surface area contributed by atoms with Crippen LogP contribution in [-0.4, -0.2) is 26.8 Å². The zero-order chi connectivity index (χ0) is 19.5. The molecule has 0 aliphatic carbocycles. The molecule has 0 radical (unpaired) electrons. The second-order valence-electron chi connectivity index (χ2n) is 6.99. The van der Waals surface area contributed by atoms with Crippen LogP contribution in [0.2, 0.25) is 0 Å². The molecule has 7 heteroatoms. The maximum atomic E-state index is 12.8. The number of nitrogens with zero attached hydrogens (tertiary/aromatic N) is 3. The first-order valence-corrected chi connectivity index (χ1v) is 9.54. The molecule has 0 saturated heterocycles. The van der Waals surface area contributed by atoms with Gasteiger partial charge < -0.3 is 5.32 Å². The summed E-state index contributed by atoms with van der Waals surface area (Å²) >= 11 is 1.21. The first kappa shape index (κ1) is 20.0. The van der Waals surface area contributed by atoms with Crippen LogP contribution in [0, 0.1) is 17.2 Å². The lowest BCUT2D eigenvalue weighted by molar-refractivity contribution is -0.120. The molecule has 0 fully saturated rings. The average molecular weight is 372 g/mol. The van der Waals surface area contributed by atoms with E-state index in [1.165, 1.54) is 11.8 Å². The van der Waals surface area contributed by atoms with E-state index in [1.807, 2.05) is 39.8 Å². The first-order chi connectivity index (χ1) is 12.2. The van der Waals surface area contributed by atoms with Gasteiger partial charge in [-0.05, 0) is 38.8 Å². The van der Waals surface area contributed by atoms with Crippen molar-refractivity contribution in [2.24, 2.45) is 5.92 Å². The van der Waals surface area contributed by atoms with Gasteiger partial charge in [-0.15, -0.1) is 0 Å². The molecule has 0 saturated carbocycles. The number of hydrogen-bond donors (Lipinski definition) is 1. The van der Waals surface area contributed by atoms with E-state index in [9.17, 15) is 14.9 Å². The predicted molar refractivity (Wildman–Crippen MR) is 104 cm³/mol. The van der Waals surface area contributed by atoms with E-state index in [0.29, 0.717) is 16.1 Å². The topological polar surface area (TPSA) is 87.8 Å². The van der Waals surface area contributed by atoms with Gasteiger partial charge in [-0.2, -0.15) is 5.26 Å². The summed E-state index contributed by atoms with van der Waals surface area (Å²) in [5.74, 6) is -0.193. The van der Waals surface area contributed by atoms with Crippen molar-refractivity contribution in [3.8, 4) is 6.07 Å².